The van der Waals surface area contributed by atoms with Gasteiger partial charge in [0.05, 0.1) is 0 Å². The summed E-state index contributed by atoms with van der Waals surface area (Å²) in [6.45, 7) is 6.79. The van der Waals surface area contributed by atoms with Gasteiger partial charge in [-0.05, 0) is 20.8 Å². The van der Waals surface area contributed by atoms with E-state index in [1.807, 2.05) is 20.8 Å². The number of hydrogen-bond acceptors (Lipinski definition) is 3. The maximum absolute atomic E-state index is 12.5. The monoisotopic (exact) mass is 356 g/mol. The average Bonchev–Trinajstić information content (AvgIpc) is 2.55. The Morgan fingerprint density at radius 2 is 1.28 bits per heavy atom. The molecule has 0 aliphatic carbocycles. The zero-order valence-corrected chi connectivity index (χ0v) is 16.4. The van der Waals surface area contributed by atoms with Crippen molar-refractivity contribution in [3.63, 3.8) is 0 Å². The van der Waals surface area contributed by atoms with Crippen molar-refractivity contribution in [1.29, 1.82) is 0 Å². The number of rotatable bonds is 0. The SMILES string of the molecule is CC1CN(C)C(=O)N(C)C(C)CN(C)C(=O)N(C)C(C)CNC(=O)N1. The van der Waals surface area contributed by atoms with Crippen LogP contribution < -0.4 is 10.6 Å². The van der Waals surface area contributed by atoms with E-state index in [1.54, 1.807) is 47.8 Å². The van der Waals surface area contributed by atoms with Crippen molar-refractivity contribution in [2.45, 2.75) is 38.9 Å². The second-order valence-corrected chi connectivity index (χ2v) is 7.00. The van der Waals surface area contributed by atoms with Crippen LogP contribution in [0.3, 0.4) is 0 Å². The summed E-state index contributed by atoms with van der Waals surface area (Å²) in [5.41, 5.74) is 0. The lowest BCUT2D eigenvalue weighted by Gasteiger charge is -2.34. The third-order valence-electron chi connectivity index (χ3n) is 4.60. The van der Waals surface area contributed by atoms with Crippen molar-refractivity contribution in [3.8, 4) is 0 Å². The van der Waals surface area contributed by atoms with Gasteiger partial charge in [0, 0.05) is 66.0 Å². The first kappa shape index (κ1) is 20.9. The molecule has 1 saturated heterocycles. The van der Waals surface area contributed by atoms with Gasteiger partial charge in [0.1, 0.15) is 0 Å². The Morgan fingerprint density at radius 1 is 0.800 bits per heavy atom. The van der Waals surface area contributed by atoms with Gasteiger partial charge in [-0.3, -0.25) is 0 Å². The number of urea groups is 3. The predicted octanol–water partition coefficient (Wildman–Crippen LogP) is 0.432. The fraction of sp³-hybridized carbons (Fsp3) is 0.812. The molecule has 0 saturated carbocycles. The van der Waals surface area contributed by atoms with Crippen molar-refractivity contribution < 1.29 is 14.4 Å². The van der Waals surface area contributed by atoms with Gasteiger partial charge < -0.3 is 30.2 Å². The lowest BCUT2D eigenvalue weighted by Crippen LogP contribution is -2.52. The summed E-state index contributed by atoms with van der Waals surface area (Å²) in [6, 6.07) is -1.11. The number of hydrogen-bond donors (Lipinski definition) is 2. The van der Waals surface area contributed by atoms with Crippen molar-refractivity contribution in [1.82, 2.24) is 30.2 Å². The normalized spacial score (nSPS) is 28.3. The van der Waals surface area contributed by atoms with Crippen LogP contribution in [0, 0.1) is 0 Å². The molecule has 1 aliphatic heterocycles. The standard InChI is InChI=1S/C16H32N6O3/c1-11-9-19(4)15(24)22(7)13(3)10-20(5)16(25)21(6)12(2)8-17-14(23)18-11/h11-13H,8-10H2,1-7H3,(H2,17,18,23). The lowest BCUT2D eigenvalue weighted by molar-refractivity contribution is 0.132. The minimum atomic E-state index is -0.314. The molecule has 1 aliphatic rings. The molecule has 0 aromatic carbocycles. The molecule has 144 valence electrons. The largest absolute Gasteiger partial charge is 0.336 e. The molecule has 6 amide bonds. The molecule has 0 aromatic heterocycles. The minimum absolute atomic E-state index is 0.138. The Labute approximate surface area is 150 Å². The third kappa shape index (κ3) is 5.68. The fourth-order valence-corrected chi connectivity index (χ4v) is 2.70. The summed E-state index contributed by atoms with van der Waals surface area (Å²) in [7, 11) is 6.84. The van der Waals surface area contributed by atoms with Crippen LogP contribution in [0.5, 0.6) is 0 Å². The lowest BCUT2D eigenvalue weighted by atomic mass is 10.2. The second-order valence-electron chi connectivity index (χ2n) is 7.00. The van der Waals surface area contributed by atoms with Crippen LogP contribution >= 0.6 is 0 Å². The van der Waals surface area contributed by atoms with Crippen LogP contribution in [0.4, 0.5) is 14.4 Å². The van der Waals surface area contributed by atoms with Gasteiger partial charge in [-0.25, -0.2) is 14.4 Å². The Balaban J connectivity index is 2.98. The van der Waals surface area contributed by atoms with E-state index in [4.69, 9.17) is 0 Å². The molecule has 0 radical (unpaired) electrons. The molecule has 0 bridgehead atoms. The first-order chi connectivity index (χ1) is 11.5. The van der Waals surface area contributed by atoms with Gasteiger partial charge in [-0.1, -0.05) is 0 Å². The average molecular weight is 356 g/mol. The topological polar surface area (TPSA) is 88.2 Å². The van der Waals surface area contributed by atoms with Gasteiger partial charge in [0.15, 0.2) is 0 Å². The van der Waals surface area contributed by atoms with Gasteiger partial charge in [0.2, 0.25) is 0 Å². The van der Waals surface area contributed by atoms with Gasteiger partial charge in [0.25, 0.3) is 0 Å². The smallest absolute Gasteiger partial charge is 0.319 e. The van der Waals surface area contributed by atoms with E-state index < -0.39 is 0 Å². The third-order valence-corrected chi connectivity index (χ3v) is 4.60. The summed E-state index contributed by atoms with van der Waals surface area (Å²) < 4.78 is 0. The molecule has 9 heteroatoms. The van der Waals surface area contributed by atoms with Crippen molar-refractivity contribution >= 4 is 18.1 Å². The maximum Gasteiger partial charge on any atom is 0.319 e. The van der Waals surface area contributed by atoms with E-state index in [1.165, 1.54) is 0 Å². The molecule has 3 unspecified atom stereocenters. The van der Waals surface area contributed by atoms with Gasteiger partial charge >= 0.3 is 18.1 Å². The molecular weight excluding hydrogens is 324 g/mol. The summed E-state index contributed by atoms with van der Waals surface area (Å²) in [6.07, 6.45) is 0. The molecule has 9 nitrogen and oxygen atoms in total. The van der Waals surface area contributed by atoms with E-state index >= 15 is 0 Å². The van der Waals surface area contributed by atoms with Crippen LogP contribution in [0.2, 0.25) is 0 Å². The summed E-state index contributed by atoms with van der Waals surface area (Å²) >= 11 is 0. The van der Waals surface area contributed by atoms with Crippen LogP contribution in [0.25, 0.3) is 0 Å². The molecule has 1 heterocycles. The molecule has 3 atom stereocenters. The highest BCUT2D eigenvalue weighted by Gasteiger charge is 2.26. The molecule has 1 fully saturated rings. The molecule has 2 N–H and O–H groups in total. The van der Waals surface area contributed by atoms with Crippen LogP contribution in [0.15, 0.2) is 0 Å². The fourth-order valence-electron chi connectivity index (χ4n) is 2.70. The molecule has 0 aromatic rings. The zero-order valence-electron chi connectivity index (χ0n) is 16.4. The first-order valence-corrected chi connectivity index (χ1v) is 8.54. The summed E-state index contributed by atoms with van der Waals surface area (Å²) in [4.78, 5) is 43.4. The number of nitrogens with zero attached hydrogens (tertiary/aromatic N) is 4. The Kier molecular flexibility index (Phi) is 7.32. The molecule has 25 heavy (non-hydrogen) atoms. The summed E-state index contributed by atoms with van der Waals surface area (Å²) in [5, 5.41) is 5.57. The zero-order chi connectivity index (χ0) is 19.3. The maximum atomic E-state index is 12.5. The van der Waals surface area contributed by atoms with Crippen LogP contribution in [-0.4, -0.2) is 104 Å². The molecule has 1 rings (SSSR count). The highest BCUT2D eigenvalue weighted by molar-refractivity contribution is 5.77. The van der Waals surface area contributed by atoms with Crippen LogP contribution in [-0.2, 0) is 0 Å². The first-order valence-electron chi connectivity index (χ1n) is 8.54. The van der Waals surface area contributed by atoms with Crippen LogP contribution in [0.1, 0.15) is 20.8 Å². The second kappa shape index (κ2) is 8.77. The molecular formula is C16H32N6O3. The Morgan fingerprint density at radius 3 is 1.84 bits per heavy atom. The van der Waals surface area contributed by atoms with E-state index in [9.17, 15) is 14.4 Å². The number of carbonyl (C=O) groups excluding carboxylic acids is 3. The Bertz CT molecular complexity index is 498. The highest BCUT2D eigenvalue weighted by Crippen LogP contribution is 2.07. The minimum Gasteiger partial charge on any atom is -0.336 e. The highest BCUT2D eigenvalue weighted by atomic mass is 16.2. The number of carbonyl (C=O) groups is 3. The Hall–Kier alpha value is -2.19. The van der Waals surface area contributed by atoms with Gasteiger partial charge in [-0.15, -0.1) is 0 Å². The number of amides is 6. The van der Waals surface area contributed by atoms with E-state index in [0.717, 1.165) is 0 Å². The number of likely N-dealkylation sites (N-methyl/N-ethyl adjacent to an activating group) is 4. The quantitative estimate of drug-likeness (QED) is 0.660. The molecule has 0 spiro atoms. The van der Waals surface area contributed by atoms with E-state index in [-0.39, 0.29) is 36.2 Å². The van der Waals surface area contributed by atoms with E-state index in [2.05, 4.69) is 10.6 Å². The predicted molar refractivity (Wildman–Crippen MR) is 96.5 cm³/mol. The van der Waals surface area contributed by atoms with Crippen molar-refractivity contribution in [2.24, 2.45) is 0 Å². The van der Waals surface area contributed by atoms with Crippen molar-refractivity contribution in [2.75, 3.05) is 47.8 Å². The van der Waals surface area contributed by atoms with E-state index in [0.29, 0.717) is 19.6 Å². The van der Waals surface area contributed by atoms with Crippen molar-refractivity contribution in [3.05, 3.63) is 0 Å². The summed E-state index contributed by atoms with van der Waals surface area (Å²) in [5.74, 6) is 0. The number of nitrogens with one attached hydrogen (secondary N) is 2. The van der Waals surface area contributed by atoms with Gasteiger partial charge in [-0.2, -0.15) is 0 Å².